The molecule has 0 aromatic heterocycles. The summed E-state index contributed by atoms with van der Waals surface area (Å²) in [6.07, 6.45) is 3.69. The largest absolute Gasteiger partial charge is 0.339 e. The lowest BCUT2D eigenvalue weighted by atomic mass is 9.82. The molecule has 1 aliphatic rings. The van der Waals surface area contributed by atoms with Crippen molar-refractivity contribution in [3.8, 4) is 0 Å². The minimum Gasteiger partial charge on any atom is -0.339 e. The second kappa shape index (κ2) is 5.31. The Morgan fingerprint density at radius 2 is 2.33 bits per heavy atom. The molecular formula is C12H22N2O. The van der Waals surface area contributed by atoms with Crippen LogP contribution in [0.15, 0.2) is 12.7 Å². The Kier molecular flexibility index (Phi) is 4.33. The lowest BCUT2D eigenvalue weighted by Gasteiger charge is -2.32. The van der Waals surface area contributed by atoms with Gasteiger partial charge in [0, 0.05) is 19.6 Å². The number of likely N-dealkylation sites (N-methyl/N-ethyl adjacent to an activating group) is 1. The van der Waals surface area contributed by atoms with E-state index < -0.39 is 0 Å². The summed E-state index contributed by atoms with van der Waals surface area (Å²) in [6, 6.07) is 0. The van der Waals surface area contributed by atoms with Crippen LogP contribution in [-0.4, -0.2) is 37.0 Å². The zero-order chi connectivity index (χ0) is 11.3. The zero-order valence-electron chi connectivity index (χ0n) is 9.88. The van der Waals surface area contributed by atoms with Gasteiger partial charge in [-0.05, 0) is 26.3 Å². The summed E-state index contributed by atoms with van der Waals surface area (Å²) >= 11 is 0. The predicted octanol–water partition coefficient (Wildman–Crippen LogP) is 1.41. The maximum atomic E-state index is 12.4. The molecule has 1 N–H and O–H groups in total. The summed E-state index contributed by atoms with van der Waals surface area (Å²) < 4.78 is 0. The fraction of sp³-hybridized carbons (Fsp3) is 0.750. The lowest BCUT2D eigenvalue weighted by molar-refractivity contribution is -0.140. The van der Waals surface area contributed by atoms with Crippen molar-refractivity contribution in [2.45, 2.75) is 26.7 Å². The molecule has 3 nitrogen and oxygen atoms in total. The van der Waals surface area contributed by atoms with Gasteiger partial charge < -0.3 is 10.2 Å². The number of hydrogen-bond donors (Lipinski definition) is 1. The van der Waals surface area contributed by atoms with Gasteiger partial charge in [0.25, 0.3) is 0 Å². The van der Waals surface area contributed by atoms with Crippen molar-refractivity contribution in [2.24, 2.45) is 5.41 Å². The summed E-state index contributed by atoms with van der Waals surface area (Å²) in [6.45, 7) is 11.0. The Balaban J connectivity index is 2.74. The fourth-order valence-electron chi connectivity index (χ4n) is 2.23. The Bertz CT molecular complexity index is 232. The molecule has 0 saturated carbocycles. The van der Waals surface area contributed by atoms with Crippen molar-refractivity contribution < 1.29 is 4.79 Å². The number of carbonyl (C=O) groups excluding carboxylic acids is 1. The van der Waals surface area contributed by atoms with Crippen molar-refractivity contribution in [1.29, 1.82) is 0 Å². The van der Waals surface area contributed by atoms with E-state index in [1.165, 1.54) is 0 Å². The Morgan fingerprint density at radius 3 is 2.73 bits per heavy atom. The lowest BCUT2D eigenvalue weighted by Crippen LogP contribution is -2.45. The minimum atomic E-state index is -0.154. The average Bonchev–Trinajstić information content (AvgIpc) is 2.74. The Morgan fingerprint density at radius 1 is 1.60 bits per heavy atom. The maximum absolute atomic E-state index is 12.4. The van der Waals surface area contributed by atoms with Crippen LogP contribution in [0.2, 0.25) is 0 Å². The molecule has 1 unspecified atom stereocenters. The van der Waals surface area contributed by atoms with Crippen LogP contribution >= 0.6 is 0 Å². The van der Waals surface area contributed by atoms with Gasteiger partial charge in [-0.25, -0.2) is 0 Å². The van der Waals surface area contributed by atoms with Crippen LogP contribution in [0.1, 0.15) is 26.7 Å². The van der Waals surface area contributed by atoms with Crippen LogP contribution in [0, 0.1) is 5.41 Å². The van der Waals surface area contributed by atoms with E-state index in [0.717, 1.165) is 32.5 Å². The SMILES string of the molecule is C=CCN(CC)C(=O)C1(CC)CCNC1. The highest BCUT2D eigenvalue weighted by Crippen LogP contribution is 2.31. The average molecular weight is 210 g/mol. The summed E-state index contributed by atoms with van der Waals surface area (Å²) in [4.78, 5) is 14.2. The third-order valence-electron chi connectivity index (χ3n) is 3.39. The number of hydrogen-bond acceptors (Lipinski definition) is 2. The summed E-state index contributed by atoms with van der Waals surface area (Å²) in [7, 11) is 0. The molecular weight excluding hydrogens is 188 g/mol. The smallest absolute Gasteiger partial charge is 0.230 e. The zero-order valence-corrected chi connectivity index (χ0v) is 9.88. The molecule has 1 atom stereocenters. The predicted molar refractivity (Wildman–Crippen MR) is 62.7 cm³/mol. The van der Waals surface area contributed by atoms with Gasteiger partial charge in [-0.15, -0.1) is 6.58 Å². The molecule has 1 saturated heterocycles. The minimum absolute atomic E-state index is 0.154. The van der Waals surface area contributed by atoms with E-state index in [-0.39, 0.29) is 11.3 Å². The monoisotopic (exact) mass is 210 g/mol. The second-order valence-electron chi connectivity index (χ2n) is 4.19. The topological polar surface area (TPSA) is 32.3 Å². The Labute approximate surface area is 92.5 Å². The molecule has 0 aliphatic carbocycles. The van der Waals surface area contributed by atoms with E-state index in [4.69, 9.17) is 0 Å². The molecule has 0 radical (unpaired) electrons. The third kappa shape index (κ3) is 2.40. The molecule has 1 aliphatic heterocycles. The normalized spacial score (nSPS) is 25.2. The van der Waals surface area contributed by atoms with Gasteiger partial charge in [0.2, 0.25) is 5.91 Å². The van der Waals surface area contributed by atoms with Gasteiger partial charge in [0.05, 0.1) is 5.41 Å². The number of nitrogens with zero attached hydrogens (tertiary/aromatic N) is 1. The molecule has 0 bridgehead atoms. The fourth-order valence-corrected chi connectivity index (χ4v) is 2.23. The standard InChI is InChI=1S/C12H22N2O/c1-4-9-14(6-3)11(15)12(5-2)7-8-13-10-12/h4,13H,1,5-10H2,2-3H3. The number of carbonyl (C=O) groups is 1. The third-order valence-corrected chi connectivity index (χ3v) is 3.39. The van der Waals surface area contributed by atoms with Crippen molar-refractivity contribution >= 4 is 5.91 Å². The van der Waals surface area contributed by atoms with E-state index in [1.54, 1.807) is 6.08 Å². The molecule has 0 aromatic carbocycles. The van der Waals surface area contributed by atoms with Crippen LogP contribution < -0.4 is 5.32 Å². The summed E-state index contributed by atoms with van der Waals surface area (Å²) in [5, 5.41) is 3.29. The first-order chi connectivity index (χ1) is 7.20. The van der Waals surface area contributed by atoms with E-state index in [9.17, 15) is 4.79 Å². The molecule has 15 heavy (non-hydrogen) atoms. The van der Waals surface area contributed by atoms with Crippen LogP contribution in [-0.2, 0) is 4.79 Å². The first-order valence-corrected chi connectivity index (χ1v) is 5.81. The quantitative estimate of drug-likeness (QED) is 0.696. The highest BCUT2D eigenvalue weighted by Gasteiger charge is 2.41. The van der Waals surface area contributed by atoms with Gasteiger partial charge in [-0.1, -0.05) is 13.0 Å². The van der Waals surface area contributed by atoms with Gasteiger partial charge >= 0.3 is 0 Å². The van der Waals surface area contributed by atoms with E-state index in [1.807, 2.05) is 11.8 Å². The van der Waals surface area contributed by atoms with Crippen LogP contribution in [0.5, 0.6) is 0 Å². The summed E-state index contributed by atoms with van der Waals surface area (Å²) in [5.74, 6) is 0.289. The van der Waals surface area contributed by atoms with Crippen molar-refractivity contribution in [2.75, 3.05) is 26.2 Å². The van der Waals surface area contributed by atoms with Gasteiger partial charge in [0.1, 0.15) is 0 Å². The van der Waals surface area contributed by atoms with E-state index >= 15 is 0 Å². The maximum Gasteiger partial charge on any atom is 0.230 e. The van der Waals surface area contributed by atoms with E-state index in [0.29, 0.717) is 6.54 Å². The molecule has 3 heteroatoms. The molecule has 1 heterocycles. The molecule has 1 amide bonds. The molecule has 1 rings (SSSR count). The van der Waals surface area contributed by atoms with Crippen LogP contribution in [0.25, 0.3) is 0 Å². The molecule has 86 valence electrons. The first-order valence-electron chi connectivity index (χ1n) is 5.81. The van der Waals surface area contributed by atoms with Gasteiger partial charge in [0.15, 0.2) is 0 Å². The first kappa shape index (κ1) is 12.2. The Hall–Kier alpha value is -0.830. The van der Waals surface area contributed by atoms with Crippen molar-refractivity contribution in [3.63, 3.8) is 0 Å². The van der Waals surface area contributed by atoms with Crippen molar-refractivity contribution in [1.82, 2.24) is 10.2 Å². The highest BCUT2D eigenvalue weighted by molar-refractivity contribution is 5.83. The van der Waals surface area contributed by atoms with Crippen molar-refractivity contribution in [3.05, 3.63) is 12.7 Å². The number of rotatable bonds is 5. The highest BCUT2D eigenvalue weighted by atomic mass is 16.2. The summed E-state index contributed by atoms with van der Waals surface area (Å²) in [5.41, 5.74) is -0.154. The molecule has 1 fully saturated rings. The van der Waals surface area contributed by atoms with Gasteiger partial charge in [-0.3, -0.25) is 4.79 Å². The van der Waals surface area contributed by atoms with Gasteiger partial charge in [-0.2, -0.15) is 0 Å². The van der Waals surface area contributed by atoms with Crippen LogP contribution in [0.4, 0.5) is 0 Å². The molecule has 0 spiro atoms. The number of nitrogens with one attached hydrogen (secondary N) is 1. The van der Waals surface area contributed by atoms with E-state index in [2.05, 4.69) is 18.8 Å². The van der Waals surface area contributed by atoms with Crippen LogP contribution in [0.3, 0.4) is 0 Å². The second-order valence-corrected chi connectivity index (χ2v) is 4.19. The molecule has 0 aromatic rings. The number of amides is 1.